The van der Waals surface area contributed by atoms with E-state index >= 15 is 0 Å². The third-order valence-corrected chi connectivity index (χ3v) is 7.00. The molecule has 3 rings (SSSR count). The summed E-state index contributed by atoms with van der Waals surface area (Å²) in [6.45, 7) is 3.44. The van der Waals surface area contributed by atoms with E-state index < -0.39 is 28.5 Å². The van der Waals surface area contributed by atoms with Crippen LogP contribution < -0.4 is 10.1 Å². The van der Waals surface area contributed by atoms with Gasteiger partial charge in [-0.1, -0.05) is 36.4 Å². The van der Waals surface area contributed by atoms with Crippen molar-refractivity contribution < 1.29 is 27.5 Å². The fourth-order valence-corrected chi connectivity index (χ4v) is 4.89. The topological polar surface area (TPSA) is 102 Å². The number of hydrogen-bond donors (Lipinski definition) is 1. The first kappa shape index (κ1) is 25.9. The van der Waals surface area contributed by atoms with Gasteiger partial charge in [-0.15, -0.1) is 0 Å². The third kappa shape index (κ3) is 6.68. The highest BCUT2D eigenvalue weighted by Crippen LogP contribution is 2.28. The maximum atomic E-state index is 13.2. The number of nitrogens with one attached hydrogen (secondary N) is 1. The number of amides is 1. The van der Waals surface area contributed by atoms with Crippen LogP contribution in [0.2, 0.25) is 0 Å². The minimum Gasteiger partial charge on any atom is -0.495 e. The van der Waals surface area contributed by atoms with Crippen LogP contribution in [0, 0.1) is 13.8 Å². The van der Waals surface area contributed by atoms with E-state index in [1.165, 1.54) is 36.7 Å². The van der Waals surface area contributed by atoms with Crippen molar-refractivity contribution >= 4 is 27.6 Å². The maximum absolute atomic E-state index is 13.2. The molecule has 0 heterocycles. The predicted octanol–water partition coefficient (Wildman–Crippen LogP) is 3.93. The predicted molar refractivity (Wildman–Crippen MR) is 133 cm³/mol. The molecule has 0 radical (unpaired) electrons. The minimum absolute atomic E-state index is 0.0170. The SMILES string of the molecule is COc1ccc(C(=O)OCC(=O)Nc2cc(C)cc(C)c2)cc1S(=O)(=O)N(C)Cc1ccccc1. The number of benzene rings is 3. The molecule has 35 heavy (non-hydrogen) atoms. The zero-order valence-corrected chi connectivity index (χ0v) is 20.9. The summed E-state index contributed by atoms with van der Waals surface area (Å²) >= 11 is 0. The summed E-state index contributed by atoms with van der Waals surface area (Å²) in [7, 11) is -1.20. The number of carbonyl (C=O) groups is 2. The van der Waals surface area contributed by atoms with E-state index in [1.807, 2.05) is 50.2 Å². The van der Waals surface area contributed by atoms with Crippen LogP contribution in [0.15, 0.2) is 71.6 Å². The average molecular weight is 497 g/mol. The Bertz CT molecular complexity index is 1300. The number of nitrogens with zero attached hydrogens (tertiary/aromatic N) is 1. The number of sulfonamides is 1. The van der Waals surface area contributed by atoms with Gasteiger partial charge in [0.05, 0.1) is 12.7 Å². The van der Waals surface area contributed by atoms with Crippen LogP contribution in [0.5, 0.6) is 5.75 Å². The Labute approximate surface area is 205 Å². The van der Waals surface area contributed by atoms with Crippen LogP contribution in [0.3, 0.4) is 0 Å². The van der Waals surface area contributed by atoms with E-state index in [1.54, 1.807) is 12.1 Å². The van der Waals surface area contributed by atoms with Crippen molar-refractivity contribution in [1.29, 1.82) is 0 Å². The monoisotopic (exact) mass is 496 g/mol. The first-order chi connectivity index (χ1) is 16.6. The average Bonchev–Trinajstić information content (AvgIpc) is 2.82. The Kier molecular flexibility index (Phi) is 8.26. The summed E-state index contributed by atoms with van der Waals surface area (Å²) in [6.07, 6.45) is 0. The molecule has 0 aromatic heterocycles. The third-order valence-electron chi connectivity index (χ3n) is 5.18. The highest BCUT2D eigenvalue weighted by Gasteiger charge is 2.27. The van der Waals surface area contributed by atoms with Crippen molar-refractivity contribution in [3.05, 3.63) is 89.0 Å². The molecule has 0 aliphatic rings. The van der Waals surface area contributed by atoms with Gasteiger partial charge in [0.2, 0.25) is 10.0 Å². The lowest BCUT2D eigenvalue weighted by molar-refractivity contribution is -0.119. The zero-order chi connectivity index (χ0) is 25.6. The molecule has 0 atom stereocenters. The molecule has 1 amide bonds. The quantitative estimate of drug-likeness (QED) is 0.451. The summed E-state index contributed by atoms with van der Waals surface area (Å²) in [5, 5.41) is 2.68. The van der Waals surface area contributed by atoms with Gasteiger partial charge in [0.15, 0.2) is 6.61 Å². The molecule has 8 nitrogen and oxygen atoms in total. The summed E-state index contributed by atoms with van der Waals surface area (Å²) in [5.41, 5.74) is 3.37. The number of aryl methyl sites for hydroxylation is 2. The summed E-state index contributed by atoms with van der Waals surface area (Å²) in [6, 6.07) is 18.7. The lowest BCUT2D eigenvalue weighted by atomic mass is 10.1. The van der Waals surface area contributed by atoms with E-state index in [-0.39, 0.29) is 22.8 Å². The van der Waals surface area contributed by atoms with E-state index in [0.29, 0.717) is 5.69 Å². The van der Waals surface area contributed by atoms with Crippen molar-refractivity contribution in [3.8, 4) is 5.75 Å². The molecule has 0 aliphatic heterocycles. The van der Waals surface area contributed by atoms with Gasteiger partial charge in [0.25, 0.3) is 5.91 Å². The molecule has 3 aromatic rings. The fraction of sp³-hybridized carbons (Fsp3) is 0.231. The van der Waals surface area contributed by atoms with Gasteiger partial charge in [-0.2, -0.15) is 4.31 Å². The highest BCUT2D eigenvalue weighted by atomic mass is 32.2. The molecule has 0 unspecified atom stereocenters. The van der Waals surface area contributed by atoms with E-state index in [2.05, 4.69) is 5.32 Å². The molecular weight excluding hydrogens is 468 g/mol. The van der Waals surface area contributed by atoms with E-state index in [9.17, 15) is 18.0 Å². The molecule has 9 heteroatoms. The van der Waals surface area contributed by atoms with Crippen molar-refractivity contribution in [2.75, 3.05) is 26.1 Å². The largest absolute Gasteiger partial charge is 0.495 e. The number of anilines is 1. The van der Waals surface area contributed by atoms with Crippen LogP contribution in [-0.2, 0) is 26.1 Å². The first-order valence-electron chi connectivity index (χ1n) is 10.8. The lowest BCUT2D eigenvalue weighted by Crippen LogP contribution is -2.27. The van der Waals surface area contributed by atoms with Gasteiger partial charge in [-0.3, -0.25) is 4.79 Å². The number of rotatable bonds is 9. The Morgan fingerprint density at radius 2 is 1.60 bits per heavy atom. The molecular formula is C26H28N2O6S. The van der Waals surface area contributed by atoms with Gasteiger partial charge in [0, 0.05) is 19.3 Å². The number of ether oxygens (including phenoxy) is 2. The number of esters is 1. The Morgan fingerprint density at radius 3 is 2.23 bits per heavy atom. The summed E-state index contributed by atoms with van der Waals surface area (Å²) in [4.78, 5) is 24.7. The molecule has 1 N–H and O–H groups in total. The van der Waals surface area contributed by atoms with Crippen LogP contribution in [0.4, 0.5) is 5.69 Å². The van der Waals surface area contributed by atoms with E-state index in [0.717, 1.165) is 16.7 Å². The van der Waals surface area contributed by atoms with Gasteiger partial charge in [-0.25, -0.2) is 13.2 Å². The number of hydrogen-bond acceptors (Lipinski definition) is 6. The zero-order valence-electron chi connectivity index (χ0n) is 20.1. The molecule has 184 valence electrons. The maximum Gasteiger partial charge on any atom is 0.338 e. The number of methoxy groups -OCH3 is 1. The molecule has 0 aliphatic carbocycles. The molecule has 0 bridgehead atoms. The second kappa shape index (κ2) is 11.2. The number of carbonyl (C=O) groups excluding carboxylic acids is 2. The van der Waals surface area contributed by atoms with Gasteiger partial charge < -0.3 is 14.8 Å². The second-order valence-electron chi connectivity index (χ2n) is 8.11. The van der Waals surface area contributed by atoms with Crippen molar-refractivity contribution in [3.63, 3.8) is 0 Å². The standard InChI is InChI=1S/C26H28N2O6S/c1-18-12-19(2)14-22(13-18)27-25(29)17-34-26(30)21-10-11-23(33-4)24(15-21)35(31,32)28(3)16-20-8-6-5-7-9-20/h5-15H,16-17H2,1-4H3,(H,27,29). The van der Waals surface area contributed by atoms with E-state index in [4.69, 9.17) is 9.47 Å². The molecule has 3 aromatic carbocycles. The Balaban J connectivity index is 1.73. The van der Waals surface area contributed by atoms with Gasteiger partial charge >= 0.3 is 5.97 Å². The molecule has 0 saturated heterocycles. The van der Waals surface area contributed by atoms with Crippen LogP contribution in [0.25, 0.3) is 0 Å². The second-order valence-corrected chi connectivity index (χ2v) is 10.1. The van der Waals surface area contributed by atoms with Crippen molar-refractivity contribution in [2.24, 2.45) is 0 Å². The summed E-state index contributed by atoms with van der Waals surface area (Å²) < 4.78 is 38.0. The molecule has 0 spiro atoms. The molecule has 0 fully saturated rings. The Hall–Kier alpha value is -3.69. The Morgan fingerprint density at radius 1 is 0.943 bits per heavy atom. The molecule has 0 saturated carbocycles. The van der Waals surface area contributed by atoms with Crippen molar-refractivity contribution in [2.45, 2.75) is 25.3 Å². The smallest absolute Gasteiger partial charge is 0.338 e. The fourth-order valence-electron chi connectivity index (χ4n) is 3.56. The lowest BCUT2D eigenvalue weighted by Gasteiger charge is -2.19. The van der Waals surface area contributed by atoms with Gasteiger partial charge in [0.1, 0.15) is 10.6 Å². The van der Waals surface area contributed by atoms with Crippen LogP contribution >= 0.6 is 0 Å². The normalized spacial score (nSPS) is 11.2. The highest BCUT2D eigenvalue weighted by molar-refractivity contribution is 7.89. The first-order valence-corrected chi connectivity index (χ1v) is 12.3. The van der Waals surface area contributed by atoms with Crippen LogP contribution in [-0.4, -0.2) is 45.4 Å². The van der Waals surface area contributed by atoms with Crippen LogP contribution in [0.1, 0.15) is 27.0 Å². The minimum atomic E-state index is -3.99. The van der Waals surface area contributed by atoms with Crippen molar-refractivity contribution in [1.82, 2.24) is 4.31 Å². The van der Waals surface area contributed by atoms with Gasteiger partial charge in [-0.05, 0) is 60.9 Å². The summed E-state index contributed by atoms with van der Waals surface area (Å²) in [5.74, 6) is -1.24.